The van der Waals surface area contributed by atoms with E-state index in [2.05, 4.69) is 42.1 Å². The molecule has 0 aliphatic carbocycles. The van der Waals surface area contributed by atoms with E-state index in [4.69, 9.17) is 5.73 Å². The molecule has 2 heterocycles. The second-order valence-corrected chi connectivity index (χ2v) is 4.78. The zero-order chi connectivity index (χ0) is 13.4. The Morgan fingerprint density at radius 3 is 2.79 bits per heavy atom. The summed E-state index contributed by atoms with van der Waals surface area (Å²) in [6.07, 6.45) is 1.88. The molecule has 0 aliphatic heterocycles. The maximum atomic E-state index is 5.60. The van der Waals surface area contributed by atoms with E-state index < -0.39 is 0 Å². The van der Waals surface area contributed by atoms with Crippen LogP contribution in [0.1, 0.15) is 16.8 Å². The molecule has 0 atom stereocenters. The molecule has 2 N–H and O–H groups in total. The van der Waals surface area contributed by atoms with E-state index >= 15 is 0 Å². The van der Waals surface area contributed by atoms with Crippen LogP contribution in [0.4, 0.5) is 0 Å². The highest BCUT2D eigenvalue weighted by atomic mass is 15.2. The molecule has 1 aromatic carbocycles. The lowest BCUT2D eigenvalue weighted by molar-refractivity contribution is 0.933. The van der Waals surface area contributed by atoms with Crippen LogP contribution >= 0.6 is 0 Å². The summed E-state index contributed by atoms with van der Waals surface area (Å²) >= 11 is 0. The largest absolute Gasteiger partial charge is 0.325 e. The lowest BCUT2D eigenvalue weighted by Gasteiger charge is -2.06. The summed E-state index contributed by atoms with van der Waals surface area (Å²) in [5.41, 5.74) is 11.8. The number of aryl methyl sites for hydroxylation is 2. The Kier molecular flexibility index (Phi) is 2.80. The zero-order valence-electron chi connectivity index (χ0n) is 11.1. The van der Waals surface area contributed by atoms with Crippen LogP contribution in [0.3, 0.4) is 0 Å². The first-order valence-electron chi connectivity index (χ1n) is 6.30. The van der Waals surface area contributed by atoms with Crippen molar-refractivity contribution in [2.45, 2.75) is 20.4 Å². The standard InChI is InChI=1S/C15H16N4/c1-10-3-4-11(2)13(7-10)14-5-6-15-17-12(8-16)9-19(15)18-14/h3-7,9H,8,16H2,1-2H3. The van der Waals surface area contributed by atoms with Gasteiger partial charge in [0.2, 0.25) is 0 Å². The van der Waals surface area contributed by atoms with Gasteiger partial charge in [-0.2, -0.15) is 5.10 Å². The smallest absolute Gasteiger partial charge is 0.153 e. The molecule has 4 nitrogen and oxygen atoms in total. The molecule has 2 aromatic heterocycles. The molecule has 3 rings (SSSR count). The number of hydrogen-bond donors (Lipinski definition) is 1. The Bertz CT molecular complexity index is 743. The predicted molar refractivity (Wildman–Crippen MR) is 75.8 cm³/mol. The van der Waals surface area contributed by atoms with Gasteiger partial charge in [-0.15, -0.1) is 0 Å². The number of fused-ring (bicyclic) bond motifs is 1. The van der Waals surface area contributed by atoms with Crippen molar-refractivity contribution in [1.82, 2.24) is 14.6 Å². The van der Waals surface area contributed by atoms with Crippen LogP contribution in [0.5, 0.6) is 0 Å². The van der Waals surface area contributed by atoms with Gasteiger partial charge >= 0.3 is 0 Å². The summed E-state index contributed by atoms with van der Waals surface area (Å²) in [5, 5.41) is 4.61. The molecule has 0 spiro atoms. The van der Waals surface area contributed by atoms with E-state index in [1.165, 1.54) is 11.1 Å². The van der Waals surface area contributed by atoms with Gasteiger partial charge in [0.05, 0.1) is 17.6 Å². The molecule has 19 heavy (non-hydrogen) atoms. The van der Waals surface area contributed by atoms with Crippen LogP contribution in [0.2, 0.25) is 0 Å². The van der Waals surface area contributed by atoms with Gasteiger partial charge < -0.3 is 5.73 Å². The number of nitrogens with two attached hydrogens (primary N) is 1. The fourth-order valence-corrected chi connectivity index (χ4v) is 2.18. The molecule has 4 heteroatoms. The summed E-state index contributed by atoms with van der Waals surface area (Å²) in [6.45, 7) is 4.62. The Morgan fingerprint density at radius 1 is 1.16 bits per heavy atom. The molecule has 0 fully saturated rings. The van der Waals surface area contributed by atoms with Crippen LogP contribution in [0.25, 0.3) is 16.9 Å². The van der Waals surface area contributed by atoms with E-state index in [9.17, 15) is 0 Å². The minimum atomic E-state index is 0.433. The summed E-state index contributed by atoms with van der Waals surface area (Å²) in [4.78, 5) is 4.38. The maximum absolute atomic E-state index is 5.60. The average molecular weight is 252 g/mol. The molecule has 3 aromatic rings. The zero-order valence-corrected chi connectivity index (χ0v) is 11.1. The number of aromatic nitrogens is 3. The molecule has 0 amide bonds. The van der Waals surface area contributed by atoms with Crippen LogP contribution in [0, 0.1) is 13.8 Å². The van der Waals surface area contributed by atoms with Crippen LogP contribution < -0.4 is 5.73 Å². The van der Waals surface area contributed by atoms with Crippen molar-refractivity contribution in [2.75, 3.05) is 0 Å². The normalized spacial score (nSPS) is 11.1. The van der Waals surface area contributed by atoms with Crippen molar-refractivity contribution in [2.24, 2.45) is 5.73 Å². The van der Waals surface area contributed by atoms with Gasteiger partial charge in [0.15, 0.2) is 5.65 Å². The molecule has 0 saturated heterocycles. The number of benzene rings is 1. The highest BCUT2D eigenvalue weighted by Gasteiger charge is 2.07. The van der Waals surface area contributed by atoms with Gasteiger partial charge in [-0.3, -0.25) is 0 Å². The van der Waals surface area contributed by atoms with Crippen LogP contribution in [-0.4, -0.2) is 14.6 Å². The first-order chi connectivity index (χ1) is 9.17. The average Bonchev–Trinajstić information content (AvgIpc) is 2.83. The van der Waals surface area contributed by atoms with Crippen molar-refractivity contribution in [3.63, 3.8) is 0 Å². The number of imidazole rings is 1. The van der Waals surface area contributed by atoms with Crippen molar-refractivity contribution >= 4 is 5.65 Å². The minimum absolute atomic E-state index is 0.433. The molecule has 0 bridgehead atoms. The van der Waals surface area contributed by atoms with E-state index in [0.29, 0.717) is 6.54 Å². The van der Waals surface area contributed by atoms with Crippen LogP contribution in [0.15, 0.2) is 36.5 Å². The third kappa shape index (κ3) is 2.11. The number of nitrogens with zero attached hydrogens (tertiary/aromatic N) is 3. The predicted octanol–water partition coefficient (Wildman–Crippen LogP) is 2.47. The monoisotopic (exact) mass is 252 g/mol. The Morgan fingerprint density at radius 2 is 2.00 bits per heavy atom. The SMILES string of the molecule is Cc1ccc(C)c(-c2ccc3nc(CN)cn3n2)c1. The van der Waals surface area contributed by atoms with Gasteiger partial charge in [0.1, 0.15) is 0 Å². The third-order valence-electron chi connectivity index (χ3n) is 3.25. The fraction of sp³-hybridized carbons (Fsp3) is 0.200. The van der Waals surface area contributed by atoms with Crippen LogP contribution in [-0.2, 0) is 6.54 Å². The molecule has 0 aliphatic rings. The first kappa shape index (κ1) is 11.9. The Hall–Kier alpha value is -2.20. The molecular weight excluding hydrogens is 236 g/mol. The van der Waals surface area contributed by atoms with E-state index in [1.807, 2.05) is 18.3 Å². The molecular formula is C15H16N4. The second kappa shape index (κ2) is 4.48. The number of rotatable bonds is 2. The van der Waals surface area contributed by atoms with Crippen molar-refractivity contribution < 1.29 is 0 Å². The van der Waals surface area contributed by atoms with E-state index in [-0.39, 0.29) is 0 Å². The highest BCUT2D eigenvalue weighted by Crippen LogP contribution is 2.22. The summed E-state index contributed by atoms with van der Waals surface area (Å²) < 4.78 is 1.79. The number of hydrogen-bond acceptors (Lipinski definition) is 3. The molecule has 0 saturated carbocycles. The topological polar surface area (TPSA) is 56.2 Å². The quantitative estimate of drug-likeness (QED) is 0.762. The first-order valence-corrected chi connectivity index (χ1v) is 6.30. The Balaban J connectivity index is 2.16. The van der Waals surface area contributed by atoms with Crippen molar-refractivity contribution in [1.29, 1.82) is 0 Å². The van der Waals surface area contributed by atoms with Gasteiger partial charge in [0, 0.05) is 12.1 Å². The second-order valence-electron chi connectivity index (χ2n) is 4.78. The van der Waals surface area contributed by atoms with E-state index in [1.54, 1.807) is 4.52 Å². The lowest BCUT2D eigenvalue weighted by atomic mass is 10.0. The third-order valence-corrected chi connectivity index (χ3v) is 3.25. The fourth-order valence-electron chi connectivity index (χ4n) is 2.18. The lowest BCUT2D eigenvalue weighted by Crippen LogP contribution is -1.96. The Labute approximate surface area is 111 Å². The summed E-state index contributed by atoms with van der Waals surface area (Å²) in [6, 6.07) is 10.4. The van der Waals surface area contributed by atoms with Crippen molar-refractivity contribution in [3.05, 3.63) is 53.3 Å². The molecule has 96 valence electrons. The van der Waals surface area contributed by atoms with Crippen molar-refractivity contribution in [3.8, 4) is 11.3 Å². The highest BCUT2D eigenvalue weighted by molar-refractivity contribution is 5.65. The van der Waals surface area contributed by atoms with Gasteiger partial charge in [0.25, 0.3) is 0 Å². The summed E-state index contributed by atoms with van der Waals surface area (Å²) in [5.74, 6) is 0. The summed E-state index contributed by atoms with van der Waals surface area (Å²) in [7, 11) is 0. The minimum Gasteiger partial charge on any atom is -0.325 e. The van der Waals surface area contributed by atoms with E-state index in [0.717, 1.165) is 22.6 Å². The maximum Gasteiger partial charge on any atom is 0.153 e. The van der Waals surface area contributed by atoms with Gasteiger partial charge in [-0.25, -0.2) is 9.50 Å². The van der Waals surface area contributed by atoms with Gasteiger partial charge in [-0.1, -0.05) is 17.7 Å². The van der Waals surface area contributed by atoms with Gasteiger partial charge in [-0.05, 0) is 37.6 Å². The molecule has 0 unspecified atom stereocenters. The molecule has 0 radical (unpaired) electrons.